The van der Waals surface area contributed by atoms with Crippen LogP contribution in [-0.2, 0) is 4.74 Å². The molecule has 0 aromatic carbocycles. The van der Waals surface area contributed by atoms with Crippen molar-refractivity contribution in [2.24, 2.45) is 0 Å². The van der Waals surface area contributed by atoms with Gasteiger partial charge in [0, 0.05) is 19.2 Å². The van der Waals surface area contributed by atoms with Crippen LogP contribution in [0.5, 0.6) is 5.88 Å². The largest absolute Gasteiger partial charge is 0.473 e. The van der Waals surface area contributed by atoms with E-state index in [1.54, 1.807) is 17.9 Å². The highest BCUT2D eigenvalue weighted by atomic mass is 16.6. The predicted molar refractivity (Wildman–Crippen MR) is 92.5 cm³/mol. The van der Waals surface area contributed by atoms with Gasteiger partial charge in [0.25, 0.3) is 5.88 Å². The normalized spacial score (nSPS) is 14.7. The van der Waals surface area contributed by atoms with Crippen LogP contribution in [0.3, 0.4) is 0 Å². The molecule has 0 bridgehead atoms. The summed E-state index contributed by atoms with van der Waals surface area (Å²) in [6.45, 7) is 8.43. The molecule has 0 unspecified atom stereocenters. The third-order valence-electron chi connectivity index (χ3n) is 3.51. The fourth-order valence-electron chi connectivity index (χ4n) is 2.39. The van der Waals surface area contributed by atoms with E-state index >= 15 is 0 Å². The van der Waals surface area contributed by atoms with Gasteiger partial charge in [0.15, 0.2) is 0 Å². The molecule has 8 heteroatoms. The van der Waals surface area contributed by atoms with Crippen LogP contribution in [0.4, 0.5) is 10.5 Å². The van der Waals surface area contributed by atoms with Crippen LogP contribution in [0.2, 0.25) is 0 Å². The zero-order valence-corrected chi connectivity index (χ0v) is 14.9. The lowest BCUT2D eigenvalue weighted by Gasteiger charge is -2.29. The van der Waals surface area contributed by atoms with Gasteiger partial charge >= 0.3 is 11.8 Å². The van der Waals surface area contributed by atoms with Crippen LogP contribution in [0.25, 0.3) is 5.57 Å². The Labute approximate surface area is 146 Å². The molecule has 0 saturated carbocycles. The highest BCUT2D eigenvalue weighted by Gasteiger charge is 2.25. The topological polar surface area (TPSA) is 94.8 Å². The van der Waals surface area contributed by atoms with E-state index in [1.807, 2.05) is 26.8 Å². The van der Waals surface area contributed by atoms with E-state index in [9.17, 15) is 14.9 Å². The first-order chi connectivity index (χ1) is 11.7. The van der Waals surface area contributed by atoms with Crippen molar-refractivity contribution < 1.29 is 19.2 Å². The van der Waals surface area contributed by atoms with E-state index in [0.29, 0.717) is 31.8 Å². The molecule has 136 valence electrons. The third-order valence-corrected chi connectivity index (χ3v) is 3.51. The minimum Gasteiger partial charge on any atom is -0.473 e. The van der Waals surface area contributed by atoms with Gasteiger partial charge in [0.1, 0.15) is 5.60 Å². The molecule has 0 aliphatic carbocycles. The summed E-state index contributed by atoms with van der Waals surface area (Å²) in [6.07, 6.45) is 2.13. The third kappa shape index (κ3) is 4.91. The maximum atomic E-state index is 12.1. The molecule has 0 radical (unpaired) electrons. The molecular formula is C17H23N3O5. The number of rotatable bonds is 4. The van der Waals surface area contributed by atoms with Gasteiger partial charge in [-0.25, -0.2) is 9.78 Å². The smallest absolute Gasteiger partial charge is 0.410 e. The SMILES string of the molecule is CCOc1nc(C2=CCN(C(=O)OC(C)(C)C)CC2)ccc1[N+](=O)[O-]. The minimum absolute atomic E-state index is 0.0143. The number of nitrogens with zero attached hydrogens (tertiary/aromatic N) is 3. The Kier molecular flexibility index (Phi) is 5.61. The lowest BCUT2D eigenvalue weighted by Crippen LogP contribution is -2.39. The molecule has 2 rings (SSSR count). The number of carbonyl (C=O) groups excluding carboxylic acids is 1. The van der Waals surface area contributed by atoms with Crippen LogP contribution in [-0.4, -0.2) is 46.2 Å². The summed E-state index contributed by atoms with van der Waals surface area (Å²) in [6, 6.07) is 3.00. The van der Waals surface area contributed by atoms with Crippen LogP contribution >= 0.6 is 0 Å². The summed E-state index contributed by atoms with van der Waals surface area (Å²) < 4.78 is 10.6. The Morgan fingerprint density at radius 3 is 2.64 bits per heavy atom. The van der Waals surface area contributed by atoms with Crippen LogP contribution in [0.15, 0.2) is 18.2 Å². The number of carbonyl (C=O) groups is 1. The molecule has 2 heterocycles. The van der Waals surface area contributed by atoms with Gasteiger partial charge in [-0.1, -0.05) is 6.08 Å². The van der Waals surface area contributed by atoms with Crippen molar-refractivity contribution in [1.29, 1.82) is 0 Å². The predicted octanol–water partition coefficient (Wildman–Crippen LogP) is 3.41. The standard InChI is InChI=1S/C17H23N3O5/c1-5-24-15-14(20(22)23)7-6-13(18-15)12-8-10-19(11-9-12)16(21)25-17(2,3)4/h6-8H,5,9-11H2,1-4H3. The summed E-state index contributed by atoms with van der Waals surface area (Å²) in [5, 5.41) is 11.0. The summed E-state index contributed by atoms with van der Waals surface area (Å²) in [4.78, 5) is 28.5. The Morgan fingerprint density at radius 2 is 2.12 bits per heavy atom. The molecule has 0 spiro atoms. The number of hydrogen-bond acceptors (Lipinski definition) is 6. The maximum Gasteiger partial charge on any atom is 0.410 e. The number of pyridine rings is 1. The highest BCUT2D eigenvalue weighted by molar-refractivity contribution is 5.72. The Bertz CT molecular complexity index is 694. The van der Waals surface area contributed by atoms with Crippen LogP contribution in [0.1, 0.15) is 39.8 Å². The molecule has 8 nitrogen and oxygen atoms in total. The second-order valence-electron chi connectivity index (χ2n) is 6.62. The molecule has 0 N–H and O–H groups in total. The summed E-state index contributed by atoms with van der Waals surface area (Å²) in [7, 11) is 0. The van der Waals surface area contributed by atoms with Crippen molar-refractivity contribution >= 4 is 17.4 Å². The summed E-state index contributed by atoms with van der Waals surface area (Å²) in [5.41, 5.74) is 0.860. The molecule has 25 heavy (non-hydrogen) atoms. The first-order valence-corrected chi connectivity index (χ1v) is 8.17. The first-order valence-electron chi connectivity index (χ1n) is 8.17. The van der Waals surface area contributed by atoms with Gasteiger partial charge in [0.2, 0.25) is 0 Å². The monoisotopic (exact) mass is 349 g/mol. The Balaban J connectivity index is 2.14. The zero-order chi connectivity index (χ0) is 18.6. The number of nitro groups is 1. The van der Waals surface area contributed by atoms with Gasteiger partial charge in [-0.15, -0.1) is 0 Å². The fourth-order valence-corrected chi connectivity index (χ4v) is 2.39. The van der Waals surface area contributed by atoms with Crippen molar-refractivity contribution in [3.8, 4) is 5.88 Å². The van der Waals surface area contributed by atoms with Crippen molar-refractivity contribution in [1.82, 2.24) is 9.88 Å². The van der Waals surface area contributed by atoms with E-state index in [1.165, 1.54) is 6.07 Å². The van der Waals surface area contributed by atoms with Gasteiger partial charge in [-0.2, -0.15) is 0 Å². The number of hydrogen-bond donors (Lipinski definition) is 0. The fraction of sp³-hybridized carbons (Fsp3) is 0.529. The average molecular weight is 349 g/mol. The Hall–Kier alpha value is -2.64. The van der Waals surface area contributed by atoms with E-state index < -0.39 is 10.5 Å². The molecule has 0 saturated heterocycles. The highest BCUT2D eigenvalue weighted by Crippen LogP contribution is 2.29. The molecule has 1 aliphatic heterocycles. The molecular weight excluding hydrogens is 326 g/mol. The average Bonchev–Trinajstić information content (AvgIpc) is 2.53. The van der Waals surface area contributed by atoms with E-state index in [0.717, 1.165) is 5.57 Å². The molecule has 0 fully saturated rings. The minimum atomic E-state index is -0.534. The summed E-state index contributed by atoms with van der Waals surface area (Å²) in [5.74, 6) is 0.0143. The van der Waals surface area contributed by atoms with E-state index in [4.69, 9.17) is 9.47 Å². The lowest BCUT2D eigenvalue weighted by atomic mass is 10.0. The van der Waals surface area contributed by atoms with Crippen molar-refractivity contribution in [2.45, 2.75) is 39.7 Å². The van der Waals surface area contributed by atoms with Crippen molar-refractivity contribution in [2.75, 3.05) is 19.7 Å². The molecule has 1 aromatic heterocycles. The quantitative estimate of drug-likeness (QED) is 0.610. The number of amides is 1. The molecule has 0 atom stereocenters. The van der Waals surface area contributed by atoms with Crippen molar-refractivity contribution in [3.05, 3.63) is 34.0 Å². The van der Waals surface area contributed by atoms with Gasteiger partial charge < -0.3 is 14.4 Å². The van der Waals surface area contributed by atoms with Gasteiger partial charge in [-0.3, -0.25) is 10.1 Å². The first kappa shape index (κ1) is 18.7. The number of aromatic nitrogens is 1. The lowest BCUT2D eigenvalue weighted by molar-refractivity contribution is -0.386. The van der Waals surface area contributed by atoms with Crippen molar-refractivity contribution in [3.63, 3.8) is 0 Å². The van der Waals surface area contributed by atoms with Crippen LogP contribution in [0, 0.1) is 10.1 Å². The summed E-state index contributed by atoms with van der Waals surface area (Å²) >= 11 is 0. The van der Waals surface area contributed by atoms with E-state index in [2.05, 4.69) is 4.98 Å². The molecule has 1 amide bonds. The number of ether oxygens (including phenoxy) is 2. The second-order valence-corrected chi connectivity index (χ2v) is 6.62. The second kappa shape index (κ2) is 7.50. The molecule has 1 aromatic rings. The maximum absolute atomic E-state index is 12.1. The van der Waals surface area contributed by atoms with Gasteiger partial charge in [0.05, 0.1) is 17.2 Å². The Morgan fingerprint density at radius 1 is 1.40 bits per heavy atom. The zero-order valence-electron chi connectivity index (χ0n) is 14.9. The van der Waals surface area contributed by atoms with Crippen LogP contribution < -0.4 is 4.74 Å². The van der Waals surface area contributed by atoms with E-state index in [-0.39, 0.29) is 17.7 Å². The molecule has 1 aliphatic rings. The van der Waals surface area contributed by atoms with Gasteiger partial charge in [-0.05, 0) is 45.8 Å².